The van der Waals surface area contributed by atoms with Crippen molar-refractivity contribution in [3.63, 3.8) is 0 Å². The van der Waals surface area contributed by atoms with Gasteiger partial charge in [0.05, 0.1) is 12.0 Å². The molecule has 2 unspecified atom stereocenters. The van der Waals surface area contributed by atoms with E-state index in [-0.39, 0.29) is 0 Å². The zero-order valence-electron chi connectivity index (χ0n) is 8.57. The van der Waals surface area contributed by atoms with Gasteiger partial charge in [-0.1, -0.05) is 12.1 Å². The highest BCUT2D eigenvalue weighted by atomic mass is 32.2. The van der Waals surface area contributed by atoms with E-state index >= 15 is 0 Å². The van der Waals surface area contributed by atoms with Crippen molar-refractivity contribution in [3.8, 4) is 6.07 Å². The van der Waals surface area contributed by atoms with Gasteiger partial charge in [0.1, 0.15) is 0 Å². The molecule has 0 N–H and O–H groups in total. The minimum atomic E-state index is 0.291. The number of aryl methyl sites for hydroxylation is 1. The normalized spacial score (nSPS) is 27.9. The molecule has 1 aromatic carbocycles. The zero-order valence-corrected chi connectivity index (χ0v) is 9.39. The van der Waals surface area contributed by atoms with Crippen LogP contribution in [0.2, 0.25) is 0 Å². The Bertz CT molecular complexity index is 433. The largest absolute Gasteiger partial charge is 0.198 e. The molecule has 1 aliphatic heterocycles. The number of thioether (sulfide) groups is 1. The summed E-state index contributed by atoms with van der Waals surface area (Å²) in [6, 6.07) is 9.17. The first-order valence-corrected chi connectivity index (χ1v) is 6.52. The molecule has 1 saturated carbocycles. The van der Waals surface area contributed by atoms with Crippen LogP contribution in [-0.2, 0) is 6.42 Å². The first-order chi connectivity index (χ1) is 7.38. The molecule has 1 aromatic rings. The Morgan fingerprint density at radius 2 is 2.33 bits per heavy atom. The van der Waals surface area contributed by atoms with Crippen molar-refractivity contribution in [1.82, 2.24) is 0 Å². The highest BCUT2D eigenvalue weighted by Gasteiger charge is 2.38. The molecular formula is C13H13NS. The molecule has 1 nitrogen and oxygen atoms in total. The minimum Gasteiger partial charge on any atom is -0.198 e. The smallest absolute Gasteiger partial charge is 0.0662 e. The fourth-order valence-corrected chi connectivity index (χ4v) is 3.34. The van der Waals surface area contributed by atoms with E-state index in [9.17, 15) is 0 Å². The lowest BCUT2D eigenvalue weighted by molar-refractivity contribution is 0.881. The third kappa shape index (κ3) is 1.66. The molecule has 76 valence electrons. The second kappa shape index (κ2) is 3.57. The first-order valence-electron chi connectivity index (χ1n) is 5.54. The Kier molecular flexibility index (Phi) is 2.21. The van der Waals surface area contributed by atoms with Gasteiger partial charge < -0.3 is 0 Å². The SMILES string of the molecule is N#CC1CC1c1ccc2c(c1)CCCS2. The maximum absolute atomic E-state index is 8.82. The average molecular weight is 215 g/mol. The van der Waals surface area contributed by atoms with Gasteiger partial charge in [-0.15, -0.1) is 11.8 Å². The number of nitrogens with zero attached hydrogens (tertiary/aromatic N) is 1. The van der Waals surface area contributed by atoms with Gasteiger partial charge in [0.2, 0.25) is 0 Å². The quantitative estimate of drug-likeness (QED) is 0.717. The Morgan fingerprint density at radius 3 is 3.13 bits per heavy atom. The molecule has 0 saturated heterocycles. The molecule has 0 bridgehead atoms. The van der Waals surface area contributed by atoms with Crippen LogP contribution in [-0.4, -0.2) is 5.75 Å². The van der Waals surface area contributed by atoms with Gasteiger partial charge in [0, 0.05) is 10.8 Å². The maximum atomic E-state index is 8.82. The standard InChI is InChI=1S/C13H13NS/c14-8-11-7-12(11)9-3-4-13-10(6-9)2-1-5-15-13/h3-4,6,11-12H,1-2,5,7H2. The number of benzene rings is 1. The summed E-state index contributed by atoms with van der Waals surface area (Å²) in [5, 5.41) is 8.82. The summed E-state index contributed by atoms with van der Waals surface area (Å²) in [7, 11) is 0. The fourth-order valence-electron chi connectivity index (χ4n) is 2.32. The van der Waals surface area contributed by atoms with Crippen LogP contribution in [0.3, 0.4) is 0 Å². The van der Waals surface area contributed by atoms with Gasteiger partial charge in [-0.2, -0.15) is 5.26 Å². The topological polar surface area (TPSA) is 23.8 Å². The van der Waals surface area contributed by atoms with Crippen LogP contribution < -0.4 is 0 Å². The zero-order chi connectivity index (χ0) is 10.3. The van der Waals surface area contributed by atoms with Crippen LogP contribution in [0, 0.1) is 17.2 Å². The molecule has 0 aromatic heterocycles. The summed E-state index contributed by atoms with van der Waals surface area (Å²) in [6.07, 6.45) is 3.59. The van der Waals surface area contributed by atoms with E-state index in [4.69, 9.17) is 5.26 Å². The predicted octanol–water partition coefficient (Wildman–Crippen LogP) is 3.35. The van der Waals surface area contributed by atoms with Crippen LogP contribution in [0.1, 0.15) is 29.9 Å². The first kappa shape index (κ1) is 9.30. The highest BCUT2D eigenvalue weighted by Crippen LogP contribution is 2.47. The minimum absolute atomic E-state index is 0.291. The number of rotatable bonds is 1. The molecule has 0 radical (unpaired) electrons. The molecule has 1 fully saturated rings. The number of fused-ring (bicyclic) bond motifs is 1. The van der Waals surface area contributed by atoms with Gasteiger partial charge >= 0.3 is 0 Å². The van der Waals surface area contributed by atoms with Crippen LogP contribution in [0.15, 0.2) is 23.1 Å². The van der Waals surface area contributed by atoms with Gasteiger partial charge in [-0.3, -0.25) is 0 Å². The van der Waals surface area contributed by atoms with E-state index < -0.39 is 0 Å². The predicted molar refractivity (Wildman–Crippen MR) is 61.9 cm³/mol. The lowest BCUT2D eigenvalue weighted by Gasteiger charge is -2.15. The molecule has 0 amide bonds. The van der Waals surface area contributed by atoms with Crippen LogP contribution in [0.4, 0.5) is 0 Å². The summed E-state index contributed by atoms with van der Waals surface area (Å²) in [4.78, 5) is 1.46. The summed E-state index contributed by atoms with van der Waals surface area (Å²) >= 11 is 1.97. The van der Waals surface area contributed by atoms with Crippen molar-refractivity contribution in [2.24, 2.45) is 5.92 Å². The van der Waals surface area contributed by atoms with Crippen LogP contribution >= 0.6 is 11.8 Å². The van der Waals surface area contributed by atoms with Crippen molar-refractivity contribution in [2.75, 3.05) is 5.75 Å². The number of nitriles is 1. The van der Waals surface area contributed by atoms with Crippen molar-refractivity contribution in [3.05, 3.63) is 29.3 Å². The van der Waals surface area contributed by atoms with E-state index in [1.807, 2.05) is 11.8 Å². The Labute approximate surface area is 94.5 Å². The second-order valence-corrected chi connectivity index (χ2v) is 5.53. The molecule has 2 heteroatoms. The lowest BCUT2D eigenvalue weighted by atomic mass is 10.0. The van der Waals surface area contributed by atoms with Gasteiger partial charge in [-0.25, -0.2) is 0 Å². The Morgan fingerprint density at radius 1 is 1.40 bits per heavy atom. The van der Waals surface area contributed by atoms with E-state index in [1.54, 1.807) is 0 Å². The molecule has 1 heterocycles. The van der Waals surface area contributed by atoms with Crippen molar-refractivity contribution >= 4 is 11.8 Å². The van der Waals surface area contributed by atoms with E-state index in [1.165, 1.54) is 34.6 Å². The van der Waals surface area contributed by atoms with E-state index in [2.05, 4.69) is 24.3 Å². The molecule has 3 rings (SSSR count). The Balaban J connectivity index is 1.89. The number of hydrogen-bond donors (Lipinski definition) is 0. The Hall–Kier alpha value is -0.940. The van der Waals surface area contributed by atoms with Gasteiger partial charge in [-0.05, 0) is 42.2 Å². The van der Waals surface area contributed by atoms with Gasteiger partial charge in [0.25, 0.3) is 0 Å². The van der Waals surface area contributed by atoms with Crippen LogP contribution in [0.5, 0.6) is 0 Å². The summed E-state index contributed by atoms with van der Waals surface area (Å²) < 4.78 is 0. The third-order valence-electron chi connectivity index (χ3n) is 3.32. The summed E-state index contributed by atoms with van der Waals surface area (Å²) in [6.45, 7) is 0. The van der Waals surface area contributed by atoms with Crippen molar-refractivity contribution in [1.29, 1.82) is 5.26 Å². The van der Waals surface area contributed by atoms with Crippen molar-refractivity contribution < 1.29 is 0 Å². The monoisotopic (exact) mass is 215 g/mol. The lowest BCUT2D eigenvalue weighted by Crippen LogP contribution is -1.99. The molecule has 2 atom stereocenters. The molecule has 2 aliphatic rings. The maximum Gasteiger partial charge on any atom is 0.0662 e. The van der Waals surface area contributed by atoms with Gasteiger partial charge in [0.15, 0.2) is 0 Å². The highest BCUT2D eigenvalue weighted by molar-refractivity contribution is 7.99. The number of hydrogen-bond acceptors (Lipinski definition) is 2. The van der Waals surface area contributed by atoms with E-state index in [0.29, 0.717) is 11.8 Å². The molecule has 0 spiro atoms. The summed E-state index contributed by atoms with van der Waals surface area (Å²) in [5.41, 5.74) is 2.90. The molecule has 15 heavy (non-hydrogen) atoms. The summed E-state index contributed by atoms with van der Waals surface area (Å²) in [5.74, 6) is 2.09. The molecular weight excluding hydrogens is 202 g/mol. The van der Waals surface area contributed by atoms with E-state index in [0.717, 1.165) is 6.42 Å². The van der Waals surface area contributed by atoms with Crippen molar-refractivity contribution in [2.45, 2.75) is 30.1 Å². The molecule has 1 aliphatic carbocycles. The van der Waals surface area contributed by atoms with Crippen LogP contribution in [0.25, 0.3) is 0 Å². The fraction of sp³-hybridized carbons (Fsp3) is 0.462. The third-order valence-corrected chi connectivity index (χ3v) is 4.52. The second-order valence-electron chi connectivity index (χ2n) is 4.40. The average Bonchev–Trinajstić information content (AvgIpc) is 3.08.